The van der Waals surface area contributed by atoms with Gasteiger partial charge in [-0.1, -0.05) is 0 Å². The van der Waals surface area contributed by atoms with E-state index >= 15 is 0 Å². The van der Waals surface area contributed by atoms with Gasteiger partial charge < -0.3 is 5.11 Å². The van der Waals surface area contributed by atoms with Gasteiger partial charge in [0.15, 0.2) is 0 Å². The van der Waals surface area contributed by atoms with Gasteiger partial charge in [-0.15, -0.1) is 0 Å². The second-order valence-corrected chi connectivity index (χ2v) is 7.88. The lowest BCUT2D eigenvalue weighted by molar-refractivity contribution is 0.0695. The summed E-state index contributed by atoms with van der Waals surface area (Å²) in [5.74, 6) is -0.672. The third-order valence-electron chi connectivity index (χ3n) is 3.09. The highest BCUT2D eigenvalue weighted by Crippen LogP contribution is 2.31. The third-order valence-corrected chi connectivity index (χ3v) is 5.85. The van der Waals surface area contributed by atoms with Crippen LogP contribution in [0.4, 0.5) is 0 Å². The van der Waals surface area contributed by atoms with Crippen molar-refractivity contribution in [1.29, 1.82) is 0 Å². The maximum atomic E-state index is 12.3. The van der Waals surface area contributed by atoms with Crippen molar-refractivity contribution in [3.63, 3.8) is 0 Å². The molecule has 0 aromatic heterocycles. The molecule has 1 fully saturated rings. The van der Waals surface area contributed by atoms with Crippen LogP contribution in [0.3, 0.4) is 0 Å². The first-order valence-corrected chi connectivity index (χ1v) is 8.33. The van der Waals surface area contributed by atoms with E-state index in [1.807, 2.05) is 22.6 Å². The lowest BCUT2D eigenvalue weighted by atomic mass is 10.2. The predicted molar refractivity (Wildman–Crippen MR) is 78.7 cm³/mol. The zero-order valence-corrected chi connectivity index (χ0v) is 13.3. The third kappa shape index (κ3) is 3.26. The van der Waals surface area contributed by atoms with Crippen molar-refractivity contribution in [2.24, 2.45) is 5.92 Å². The SMILES string of the molecule is CN(CC1CC1)S(=O)(=O)c1ccc(I)c(C(=O)O)c1. The van der Waals surface area contributed by atoms with Crippen LogP contribution in [0.2, 0.25) is 0 Å². The quantitative estimate of drug-likeness (QED) is 0.775. The van der Waals surface area contributed by atoms with Gasteiger partial charge in [-0.2, -0.15) is 0 Å². The molecule has 0 spiro atoms. The Morgan fingerprint density at radius 2 is 2.11 bits per heavy atom. The summed E-state index contributed by atoms with van der Waals surface area (Å²) in [4.78, 5) is 11.1. The normalized spacial score (nSPS) is 15.7. The molecule has 0 unspecified atom stereocenters. The van der Waals surface area contributed by atoms with Crippen LogP contribution in [0.5, 0.6) is 0 Å². The Labute approximate surface area is 125 Å². The zero-order valence-electron chi connectivity index (χ0n) is 10.3. The maximum absolute atomic E-state index is 12.3. The van der Waals surface area contributed by atoms with Crippen molar-refractivity contribution in [2.45, 2.75) is 17.7 Å². The summed E-state index contributed by atoms with van der Waals surface area (Å²) in [7, 11) is -2.07. The summed E-state index contributed by atoms with van der Waals surface area (Å²) in [6, 6.07) is 4.19. The highest BCUT2D eigenvalue weighted by molar-refractivity contribution is 14.1. The molecule has 0 heterocycles. The Morgan fingerprint density at radius 1 is 1.47 bits per heavy atom. The minimum atomic E-state index is -3.60. The molecule has 0 amide bonds. The predicted octanol–water partition coefficient (Wildman–Crippen LogP) is 2.02. The summed E-state index contributed by atoms with van der Waals surface area (Å²) in [6.45, 7) is 0.497. The van der Waals surface area contributed by atoms with Crippen LogP contribution in [-0.2, 0) is 10.0 Å². The summed E-state index contributed by atoms with van der Waals surface area (Å²) < 4.78 is 26.5. The Balaban J connectivity index is 2.34. The number of hydrogen-bond acceptors (Lipinski definition) is 3. The Kier molecular flexibility index (Phi) is 4.17. The number of carboxylic acid groups (broad SMARTS) is 1. The van der Waals surface area contributed by atoms with Crippen LogP contribution in [0, 0.1) is 9.49 Å². The van der Waals surface area contributed by atoms with Gasteiger partial charge in [0.1, 0.15) is 0 Å². The molecule has 1 saturated carbocycles. The topological polar surface area (TPSA) is 74.7 Å². The number of carbonyl (C=O) groups is 1. The molecule has 1 aromatic rings. The van der Waals surface area contributed by atoms with Crippen LogP contribution in [-0.4, -0.2) is 37.4 Å². The van der Waals surface area contributed by atoms with E-state index in [-0.39, 0.29) is 10.5 Å². The van der Waals surface area contributed by atoms with Crippen LogP contribution in [0.25, 0.3) is 0 Å². The van der Waals surface area contributed by atoms with Crippen molar-refractivity contribution >= 4 is 38.6 Å². The molecule has 0 aliphatic heterocycles. The number of hydrogen-bond donors (Lipinski definition) is 1. The Bertz CT molecular complexity index is 610. The molecule has 104 valence electrons. The second-order valence-electron chi connectivity index (χ2n) is 4.68. The number of benzene rings is 1. The lowest BCUT2D eigenvalue weighted by Crippen LogP contribution is -2.29. The van der Waals surface area contributed by atoms with Gasteiger partial charge in [0, 0.05) is 17.2 Å². The number of sulfonamides is 1. The van der Waals surface area contributed by atoms with Crippen LogP contribution in [0.1, 0.15) is 23.2 Å². The van der Waals surface area contributed by atoms with E-state index in [0.29, 0.717) is 16.0 Å². The van der Waals surface area contributed by atoms with Gasteiger partial charge >= 0.3 is 5.97 Å². The van der Waals surface area contributed by atoms with E-state index in [1.54, 1.807) is 0 Å². The molecule has 19 heavy (non-hydrogen) atoms. The zero-order chi connectivity index (χ0) is 14.2. The van der Waals surface area contributed by atoms with Gasteiger partial charge in [-0.05, 0) is 59.5 Å². The molecule has 0 radical (unpaired) electrons. The minimum absolute atomic E-state index is 0.0153. The molecule has 7 heteroatoms. The number of rotatable bonds is 5. The lowest BCUT2D eigenvalue weighted by Gasteiger charge is -2.17. The molecule has 1 aliphatic carbocycles. The molecule has 0 atom stereocenters. The van der Waals surface area contributed by atoms with Crippen molar-refractivity contribution in [1.82, 2.24) is 4.31 Å². The maximum Gasteiger partial charge on any atom is 0.336 e. The standard InChI is InChI=1S/C12H14INO4S/c1-14(7-8-2-3-8)19(17,18)9-4-5-11(13)10(6-9)12(15)16/h4-6,8H,2-3,7H2,1H3,(H,15,16). The van der Waals surface area contributed by atoms with Crippen molar-refractivity contribution in [3.8, 4) is 0 Å². The monoisotopic (exact) mass is 395 g/mol. The fraction of sp³-hybridized carbons (Fsp3) is 0.417. The van der Waals surface area contributed by atoms with Crippen molar-refractivity contribution in [2.75, 3.05) is 13.6 Å². The van der Waals surface area contributed by atoms with Gasteiger partial charge in [0.05, 0.1) is 10.5 Å². The van der Waals surface area contributed by atoms with Crippen LogP contribution >= 0.6 is 22.6 Å². The average molecular weight is 395 g/mol. The first-order chi connectivity index (χ1) is 8.82. The van der Waals surface area contributed by atoms with E-state index in [1.165, 1.54) is 29.6 Å². The number of nitrogens with zero attached hydrogens (tertiary/aromatic N) is 1. The molecule has 5 nitrogen and oxygen atoms in total. The second kappa shape index (κ2) is 5.37. The highest BCUT2D eigenvalue weighted by atomic mass is 127. The summed E-state index contributed by atoms with van der Waals surface area (Å²) in [5.41, 5.74) is 0.0153. The summed E-state index contributed by atoms with van der Waals surface area (Å²) >= 11 is 1.88. The van der Waals surface area contributed by atoms with Crippen LogP contribution in [0.15, 0.2) is 23.1 Å². The number of halogens is 1. The minimum Gasteiger partial charge on any atom is -0.478 e. The smallest absolute Gasteiger partial charge is 0.336 e. The molecule has 1 aromatic carbocycles. The summed E-state index contributed by atoms with van der Waals surface area (Å²) in [6.07, 6.45) is 2.12. The molecular weight excluding hydrogens is 381 g/mol. The van der Waals surface area contributed by atoms with E-state index in [9.17, 15) is 13.2 Å². The van der Waals surface area contributed by atoms with E-state index < -0.39 is 16.0 Å². The summed E-state index contributed by atoms with van der Waals surface area (Å²) in [5, 5.41) is 9.04. The first kappa shape index (κ1) is 14.7. The molecule has 2 rings (SSSR count). The van der Waals surface area contributed by atoms with Crippen molar-refractivity contribution < 1.29 is 18.3 Å². The molecule has 1 N–H and O–H groups in total. The fourth-order valence-corrected chi connectivity index (χ4v) is 3.61. The van der Waals surface area contributed by atoms with E-state index in [4.69, 9.17) is 5.11 Å². The average Bonchev–Trinajstić information content (AvgIpc) is 3.12. The van der Waals surface area contributed by atoms with E-state index in [2.05, 4.69) is 0 Å². The number of carboxylic acids is 1. The largest absolute Gasteiger partial charge is 0.478 e. The Morgan fingerprint density at radius 3 is 2.63 bits per heavy atom. The first-order valence-electron chi connectivity index (χ1n) is 5.81. The van der Waals surface area contributed by atoms with E-state index in [0.717, 1.165) is 12.8 Å². The van der Waals surface area contributed by atoms with Gasteiger partial charge in [0.25, 0.3) is 0 Å². The van der Waals surface area contributed by atoms with Crippen LogP contribution < -0.4 is 0 Å². The Hall–Kier alpha value is -0.670. The molecule has 0 saturated heterocycles. The van der Waals surface area contributed by atoms with Gasteiger partial charge in [-0.25, -0.2) is 17.5 Å². The molecular formula is C12H14INO4S. The van der Waals surface area contributed by atoms with Gasteiger partial charge in [-0.3, -0.25) is 0 Å². The number of aromatic carboxylic acids is 1. The molecule has 1 aliphatic rings. The van der Waals surface area contributed by atoms with Crippen molar-refractivity contribution in [3.05, 3.63) is 27.3 Å². The highest BCUT2D eigenvalue weighted by Gasteiger charge is 2.29. The molecule has 0 bridgehead atoms. The van der Waals surface area contributed by atoms with Gasteiger partial charge in [0.2, 0.25) is 10.0 Å². The fourth-order valence-electron chi connectivity index (χ4n) is 1.77.